The van der Waals surface area contributed by atoms with Crippen molar-refractivity contribution in [3.63, 3.8) is 0 Å². The Morgan fingerprint density at radius 2 is 1.78 bits per heavy atom. The third-order valence-electron chi connectivity index (χ3n) is 1.98. The summed E-state index contributed by atoms with van der Waals surface area (Å²) in [5, 5.41) is 8.54. The van der Waals surface area contributed by atoms with Gasteiger partial charge in [0.1, 0.15) is 0 Å². The van der Waals surface area contributed by atoms with E-state index in [1.807, 2.05) is 0 Å². The molecule has 0 aliphatic rings. The van der Waals surface area contributed by atoms with Crippen LogP contribution in [0.3, 0.4) is 0 Å². The first kappa shape index (κ1) is 14.1. The van der Waals surface area contributed by atoms with E-state index in [-0.39, 0.29) is 11.3 Å². The van der Waals surface area contributed by atoms with Gasteiger partial charge in [0.2, 0.25) is 0 Å². The monoisotopic (exact) mass is 265 g/mol. The van der Waals surface area contributed by atoms with Gasteiger partial charge in [-0.3, -0.25) is 4.99 Å². The predicted molar refractivity (Wildman–Crippen MR) is 56.0 cm³/mol. The second kappa shape index (κ2) is 5.16. The molecule has 0 spiro atoms. The highest BCUT2D eigenvalue weighted by Gasteiger charge is 2.33. The van der Waals surface area contributed by atoms with Gasteiger partial charge >= 0.3 is 6.18 Å². The summed E-state index contributed by atoms with van der Waals surface area (Å²) in [7, 11) is 0. The van der Waals surface area contributed by atoms with E-state index in [4.69, 9.17) is 5.11 Å². The Bertz CT molecular complexity index is 505. The molecule has 1 aromatic rings. The maximum absolute atomic E-state index is 12.8. The first-order chi connectivity index (χ1) is 8.21. The fourth-order valence-corrected chi connectivity index (χ4v) is 1.06. The number of hydrogen-bond donors (Lipinski definition) is 1. The van der Waals surface area contributed by atoms with Crippen LogP contribution in [0.5, 0.6) is 0 Å². The van der Waals surface area contributed by atoms with Gasteiger partial charge < -0.3 is 5.11 Å². The van der Waals surface area contributed by atoms with E-state index in [1.165, 1.54) is 6.92 Å². The summed E-state index contributed by atoms with van der Waals surface area (Å²) >= 11 is 0. The first-order valence-corrected chi connectivity index (χ1v) is 4.68. The van der Waals surface area contributed by atoms with Gasteiger partial charge in [-0.1, -0.05) is 0 Å². The minimum absolute atomic E-state index is 0.0277. The van der Waals surface area contributed by atoms with Gasteiger partial charge in [0.05, 0.1) is 5.69 Å². The fourth-order valence-electron chi connectivity index (χ4n) is 1.06. The van der Waals surface area contributed by atoms with Crippen LogP contribution in [-0.4, -0.2) is 17.5 Å². The molecule has 7 heteroatoms. The summed E-state index contributed by atoms with van der Waals surface area (Å²) in [4.78, 5) is 3.49. The third kappa shape index (κ3) is 3.54. The van der Waals surface area contributed by atoms with Crippen molar-refractivity contribution in [1.29, 1.82) is 0 Å². The zero-order valence-electron chi connectivity index (χ0n) is 9.09. The van der Waals surface area contributed by atoms with Gasteiger partial charge in [-0.2, -0.15) is 13.2 Å². The number of aliphatic hydroxyl groups excluding tert-OH is 1. The SMILES string of the molecule is Cc1cc(F)c(F)cc1/N=C/C=C(\O)C(F)(F)F. The number of alkyl halides is 3. The van der Waals surface area contributed by atoms with Gasteiger partial charge in [0, 0.05) is 18.4 Å². The summed E-state index contributed by atoms with van der Waals surface area (Å²) in [6.45, 7) is 1.42. The molecular formula is C11H8F5NO. The summed E-state index contributed by atoms with van der Waals surface area (Å²) in [6, 6.07) is 1.62. The number of nitrogens with zero attached hydrogens (tertiary/aromatic N) is 1. The van der Waals surface area contributed by atoms with Gasteiger partial charge in [0.25, 0.3) is 0 Å². The van der Waals surface area contributed by atoms with Crippen molar-refractivity contribution in [2.24, 2.45) is 4.99 Å². The molecule has 0 aliphatic heterocycles. The fraction of sp³-hybridized carbons (Fsp3) is 0.182. The van der Waals surface area contributed by atoms with E-state index in [0.29, 0.717) is 12.3 Å². The molecule has 0 heterocycles. The average molecular weight is 265 g/mol. The average Bonchev–Trinajstić information content (AvgIpc) is 2.23. The summed E-state index contributed by atoms with van der Waals surface area (Å²) in [6.07, 6.45) is -3.89. The molecule has 0 unspecified atom stereocenters. The lowest BCUT2D eigenvalue weighted by atomic mass is 10.2. The van der Waals surface area contributed by atoms with Crippen molar-refractivity contribution in [3.8, 4) is 0 Å². The number of aliphatic hydroxyl groups is 1. The Morgan fingerprint density at radius 1 is 1.22 bits per heavy atom. The highest BCUT2D eigenvalue weighted by Crippen LogP contribution is 2.24. The zero-order valence-corrected chi connectivity index (χ0v) is 9.09. The number of aliphatic imine (C=N–C) groups is 1. The molecule has 0 aliphatic carbocycles. The van der Waals surface area contributed by atoms with Crippen LogP contribution in [0.2, 0.25) is 0 Å². The highest BCUT2D eigenvalue weighted by molar-refractivity contribution is 5.75. The summed E-state index contributed by atoms with van der Waals surface area (Å²) < 4.78 is 61.2. The number of halogens is 5. The van der Waals surface area contributed by atoms with Gasteiger partial charge in [-0.15, -0.1) is 0 Å². The number of allylic oxidation sites excluding steroid dienone is 2. The maximum atomic E-state index is 12.8. The molecule has 0 fully saturated rings. The molecule has 0 radical (unpaired) electrons. The number of benzene rings is 1. The second-order valence-electron chi connectivity index (χ2n) is 3.38. The molecule has 0 saturated carbocycles. The summed E-state index contributed by atoms with van der Waals surface area (Å²) in [5.41, 5.74) is 0.227. The minimum atomic E-state index is -4.87. The molecule has 2 nitrogen and oxygen atoms in total. The summed E-state index contributed by atoms with van der Waals surface area (Å²) in [5.74, 6) is -4.05. The van der Waals surface area contributed by atoms with Gasteiger partial charge in [0.15, 0.2) is 17.4 Å². The first-order valence-electron chi connectivity index (χ1n) is 4.68. The van der Waals surface area contributed by atoms with Crippen LogP contribution in [0.1, 0.15) is 5.56 Å². The maximum Gasteiger partial charge on any atom is 0.448 e. The van der Waals surface area contributed by atoms with E-state index in [1.54, 1.807) is 0 Å². The largest absolute Gasteiger partial charge is 0.504 e. The smallest absolute Gasteiger partial charge is 0.448 e. The quantitative estimate of drug-likeness (QED) is 0.489. The molecule has 0 saturated heterocycles. The Kier molecular flexibility index (Phi) is 4.05. The normalized spacial score (nSPS) is 13.3. The molecule has 1 rings (SSSR count). The predicted octanol–water partition coefficient (Wildman–Crippen LogP) is 3.98. The molecular weight excluding hydrogens is 257 g/mol. The Hall–Kier alpha value is -1.92. The lowest BCUT2D eigenvalue weighted by molar-refractivity contribution is -0.120. The van der Waals surface area contributed by atoms with E-state index in [2.05, 4.69) is 4.99 Å². The van der Waals surface area contributed by atoms with Crippen molar-refractivity contribution >= 4 is 11.9 Å². The Labute approximate surface area is 99.1 Å². The van der Waals surface area contributed by atoms with Crippen LogP contribution < -0.4 is 0 Å². The second-order valence-corrected chi connectivity index (χ2v) is 3.38. The molecule has 1 aromatic carbocycles. The van der Waals surface area contributed by atoms with Crippen LogP contribution in [0.25, 0.3) is 0 Å². The van der Waals surface area contributed by atoms with Crippen molar-refractivity contribution < 1.29 is 27.1 Å². The van der Waals surface area contributed by atoms with Crippen LogP contribution in [0.15, 0.2) is 29.0 Å². The van der Waals surface area contributed by atoms with Crippen LogP contribution in [0, 0.1) is 18.6 Å². The number of aryl methyl sites for hydroxylation is 1. The number of rotatable bonds is 2. The molecule has 0 bridgehead atoms. The molecule has 0 atom stereocenters. The molecule has 0 amide bonds. The van der Waals surface area contributed by atoms with Crippen molar-refractivity contribution in [2.45, 2.75) is 13.1 Å². The Morgan fingerprint density at radius 3 is 2.33 bits per heavy atom. The molecule has 1 N–H and O–H groups in total. The lowest BCUT2D eigenvalue weighted by Gasteiger charge is -2.03. The molecule has 0 aromatic heterocycles. The Balaban J connectivity index is 2.96. The highest BCUT2D eigenvalue weighted by atomic mass is 19.4. The van der Waals surface area contributed by atoms with Crippen LogP contribution in [0.4, 0.5) is 27.6 Å². The third-order valence-corrected chi connectivity index (χ3v) is 1.98. The van der Waals surface area contributed by atoms with Gasteiger partial charge in [-0.05, 0) is 18.6 Å². The van der Waals surface area contributed by atoms with Crippen LogP contribution in [-0.2, 0) is 0 Å². The van der Waals surface area contributed by atoms with Crippen LogP contribution >= 0.6 is 0 Å². The van der Waals surface area contributed by atoms with E-state index < -0.39 is 23.6 Å². The van der Waals surface area contributed by atoms with E-state index in [9.17, 15) is 22.0 Å². The minimum Gasteiger partial charge on any atom is -0.504 e. The van der Waals surface area contributed by atoms with Gasteiger partial charge in [-0.25, -0.2) is 8.78 Å². The number of hydrogen-bond acceptors (Lipinski definition) is 2. The lowest BCUT2D eigenvalue weighted by Crippen LogP contribution is -2.11. The van der Waals surface area contributed by atoms with Crippen molar-refractivity contribution in [2.75, 3.05) is 0 Å². The van der Waals surface area contributed by atoms with E-state index >= 15 is 0 Å². The molecule has 98 valence electrons. The standard InChI is InChI=1S/C11H8F5NO/c1-6-4-7(12)8(13)5-9(6)17-3-2-10(18)11(14,15)16/h2-5,18H,1H3/b10-2-,17-3+. The molecule has 18 heavy (non-hydrogen) atoms. The van der Waals surface area contributed by atoms with E-state index in [0.717, 1.165) is 12.1 Å². The topological polar surface area (TPSA) is 32.6 Å². The zero-order chi connectivity index (χ0) is 13.9. The van der Waals surface area contributed by atoms with Crippen molar-refractivity contribution in [3.05, 3.63) is 41.2 Å². The van der Waals surface area contributed by atoms with Crippen molar-refractivity contribution in [1.82, 2.24) is 0 Å².